The van der Waals surface area contributed by atoms with Crippen LogP contribution in [0.5, 0.6) is 11.5 Å². The van der Waals surface area contributed by atoms with Crippen molar-refractivity contribution in [1.29, 1.82) is 5.26 Å². The highest BCUT2D eigenvalue weighted by atomic mass is 35.5. The van der Waals surface area contributed by atoms with E-state index >= 15 is 0 Å². The second kappa shape index (κ2) is 10.5. The maximum absolute atomic E-state index is 12.6. The Labute approximate surface area is 192 Å². The summed E-state index contributed by atoms with van der Waals surface area (Å²) in [5.41, 5.74) is 4.27. The fourth-order valence-electron chi connectivity index (χ4n) is 3.04. The van der Waals surface area contributed by atoms with Gasteiger partial charge in [-0.3, -0.25) is 4.79 Å². The fourth-order valence-corrected chi connectivity index (χ4v) is 3.31. The molecule has 0 fully saturated rings. The molecule has 5 nitrogen and oxygen atoms in total. The van der Waals surface area contributed by atoms with Gasteiger partial charge in [0.25, 0.3) is 5.91 Å². The standard InChI is InChI=1S/C26H23ClN2O3/c1-17-7-9-19(10-8-17)16-32-25-23(27)13-20(14-24(25)31-3)12-21(15-28)26(30)29-22-6-4-5-18(2)11-22/h4-14H,16H2,1-3H3,(H,29,30)/b21-12-. The van der Waals surface area contributed by atoms with Crippen molar-refractivity contribution in [2.75, 3.05) is 12.4 Å². The number of aryl methyl sites for hydroxylation is 2. The molecule has 3 aromatic rings. The number of carbonyl (C=O) groups excluding carboxylic acids is 1. The second-order valence-electron chi connectivity index (χ2n) is 7.30. The minimum Gasteiger partial charge on any atom is -0.493 e. The van der Waals surface area contributed by atoms with E-state index in [0.717, 1.165) is 11.1 Å². The topological polar surface area (TPSA) is 71.3 Å². The van der Waals surface area contributed by atoms with Crippen LogP contribution in [0.3, 0.4) is 0 Å². The van der Waals surface area contributed by atoms with Crippen LogP contribution in [0.2, 0.25) is 5.02 Å². The molecule has 0 radical (unpaired) electrons. The van der Waals surface area contributed by atoms with E-state index in [4.69, 9.17) is 21.1 Å². The Morgan fingerprint density at radius 2 is 1.84 bits per heavy atom. The number of nitrogens with zero attached hydrogens (tertiary/aromatic N) is 1. The summed E-state index contributed by atoms with van der Waals surface area (Å²) in [5, 5.41) is 12.6. The van der Waals surface area contributed by atoms with Gasteiger partial charge in [0, 0.05) is 5.69 Å². The number of nitriles is 1. The van der Waals surface area contributed by atoms with Crippen LogP contribution >= 0.6 is 11.6 Å². The van der Waals surface area contributed by atoms with Crippen LogP contribution in [-0.4, -0.2) is 13.0 Å². The molecule has 0 bridgehead atoms. The number of anilines is 1. The Morgan fingerprint density at radius 1 is 1.09 bits per heavy atom. The lowest BCUT2D eigenvalue weighted by Gasteiger charge is -2.14. The van der Waals surface area contributed by atoms with Crippen LogP contribution in [0.15, 0.2) is 66.2 Å². The van der Waals surface area contributed by atoms with Crippen molar-refractivity contribution in [3.05, 3.63) is 93.5 Å². The molecule has 0 saturated heterocycles. The first-order chi connectivity index (χ1) is 15.4. The van der Waals surface area contributed by atoms with Gasteiger partial charge in [-0.2, -0.15) is 5.26 Å². The normalized spacial score (nSPS) is 10.9. The molecule has 32 heavy (non-hydrogen) atoms. The zero-order valence-corrected chi connectivity index (χ0v) is 18.9. The van der Waals surface area contributed by atoms with E-state index < -0.39 is 5.91 Å². The summed E-state index contributed by atoms with van der Waals surface area (Å²) in [6.07, 6.45) is 1.46. The van der Waals surface area contributed by atoms with Gasteiger partial charge in [-0.15, -0.1) is 0 Å². The maximum atomic E-state index is 12.6. The minimum absolute atomic E-state index is 0.0575. The Morgan fingerprint density at radius 3 is 2.50 bits per heavy atom. The predicted molar refractivity (Wildman–Crippen MR) is 127 cm³/mol. The zero-order valence-electron chi connectivity index (χ0n) is 18.1. The predicted octanol–water partition coefficient (Wildman–Crippen LogP) is 6.09. The minimum atomic E-state index is -0.507. The SMILES string of the molecule is COc1cc(/C=C(/C#N)C(=O)Nc2cccc(C)c2)cc(Cl)c1OCc1ccc(C)cc1. The number of halogens is 1. The molecule has 6 heteroatoms. The van der Waals surface area contributed by atoms with Gasteiger partial charge < -0.3 is 14.8 Å². The molecule has 3 aromatic carbocycles. The first-order valence-electron chi connectivity index (χ1n) is 9.95. The summed E-state index contributed by atoms with van der Waals surface area (Å²) in [7, 11) is 1.51. The molecule has 0 atom stereocenters. The summed E-state index contributed by atoms with van der Waals surface area (Å²) in [6, 6.07) is 20.6. The van der Waals surface area contributed by atoms with Crippen molar-refractivity contribution in [2.45, 2.75) is 20.5 Å². The van der Waals surface area contributed by atoms with Crippen molar-refractivity contribution < 1.29 is 14.3 Å². The Kier molecular flexibility index (Phi) is 7.54. The third-order valence-corrected chi connectivity index (χ3v) is 4.99. The van der Waals surface area contributed by atoms with Gasteiger partial charge in [0.05, 0.1) is 12.1 Å². The molecule has 0 heterocycles. The van der Waals surface area contributed by atoms with Crippen LogP contribution in [0, 0.1) is 25.2 Å². The van der Waals surface area contributed by atoms with Crippen molar-refractivity contribution in [2.24, 2.45) is 0 Å². The molecular formula is C26H23ClN2O3. The van der Waals surface area contributed by atoms with Crippen LogP contribution in [-0.2, 0) is 11.4 Å². The van der Waals surface area contributed by atoms with Crippen LogP contribution in [0.25, 0.3) is 6.08 Å². The third-order valence-electron chi connectivity index (χ3n) is 4.71. The number of benzene rings is 3. The lowest BCUT2D eigenvalue weighted by molar-refractivity contribution is -0.112. The highest BCUT2D eigenvalue weighted by molar-refractivity contribution is 6.32. The molecule has 162 valence electrons. The Balaban J connectivity index is 1.81. The quantitative estimate of drug-likeness (QED) is 0.352. The molecule has 0 unspecified atom stereocenters. The van der Waals surface area contributed by atoms with E-state index in [-0.39, 0.29) is 5.57 Å². The number of hydrogen-bond acceptors (Lipinski definition) is 4. The number of hydrogen-bond donors (Lipinski definition) is 1. The summed E-state index contributed by atoms with van der Waals surface area (Å²) in [5.74, 6) is 0.301. The largest absolute Gasteiger partial charge is 0.493 e. The van der Waals surface area contributed by atoms with E-state index in [9.17, 15) is 10.1 Å². The lowest BCUT2D eigenvalue weighted by atomic mass is 10.1. The van der Waals surface area contributed by atoms with E-state index in [1.54, 1.807) is 18.2 Å². The molecule has 0 saturated carbocycles. The van der Waals surface area contributed by atoms with Crippen molar-refractivity contribution in [3.63, 3.8) is 0 Å². The molecule has 3 rings (SSSR count). The van der Waals surface area contributed by atoms with E-state index in [0.29, 0.717) is 34.4 Å². The van der Waals surface area contributed by atoms with Crippen LogP contribution < -0.4 is 14.8 Å². The summed E-state index contributed by atoms with van der Waals surface area (Å²) in [6.45, 7) is 4.27. The molecule has 0 aliphatic rings. The summed E-state index contributed by atoms with van der Waals surface area (Å²) >= 11 is 6.44. The van der Waals surface area contributed by atoms with Gasteiger partial charge in [-0.25, -0.2) is 0 Å². The molecule has 0 spiro atoms. The highest BCUT2D eigenvalue weighted by Crippen LogP contribution is 2.37. The maximum Gasteiger partial charge on any atom is 0.266 e. The van der Waals surface area contributed by atoms with Crippen molar-refractivity contribution in [1.82, 2.24) is 0 Å². The first-order valence-corrected chi connectivity index (χ1v) is 10.3. The molecule has 0 aliphatic carbocycles. The van der Waals surface area contributed by atoms with E-state index in [2.05, 4.69) is 5.32 Å². The number of rotatable bonds is 7. The van der Waals surface area contributed by atoms with Crippen LogP contribution in [0.4, 0.5) is 5.69 Å². The van der Waals surface area contributed by atoms with Gasteiger partial charge in [0.15, 0.2) is 11.5 Å². The van der Waals surface area contributed by atoms with Gasteiger partial charge in [-0.05, 0) is 60.9 Å². The third kappa shape index (κ3) is 5.90. The van der Waals surface area contributed by atoms with E-state index in [1.807, 2.05) is 62.4 Å². The summed E-state index contributed by atoms with van der Waals surface area (Å²) in [4.78, 5) is 12.6. The van der Waals surface area contributed by atoms with Gasteiger partial charge in [0.1, 0.15) is 18.2 Å². The number of methoxy groups -OCH3 is 1. The lowest BCUT2D eigenvalue weighted by Crippen LogP contribution is -2.13. The molecule has 0 aromatic heterocycles. The van der Waals surface area contributed by atoms with E-state index in [1.165, 1.54) is 18.7 Å². The molecule has 1 amide bonds. The van der Waals surface area contributed by atoms with Gasteiger partial charge >= 0.3 is 0 Å². The first kappa shape index (κ1) is 22.9. The molecule has 0 aliphatic heterocycles. The molecule has 1 N–H and O–H groups in total. The number of nitrogens with one attached hydrogen (secondary N) is 1. The number of ether oxygens (including phenoxy) is 2. The van der Waals surface area contributed by atoms with Gasteiger partial charge in [-0.1, -0.05) is 53.6 Å². The van der Waals surface area contributed by atoms with Gasteiger partial charge in [0.2, 0.25) is 0 Å². The average molecular weight is 447 g/mol. The second-order valence-corrected chi connectivity index (χ2v) is 7.71. The number of amides is 1. The fraction of sp³-hybridized carbons (Fsp3) is 0.154. The zero-order chi connectivity index (χ0) is 23.1. The smallest absolute Gasteiger partial charge is 0.266 e. The molecular weight excluding hydrogens is 424 g/mol. The Hall–Kier alpha value is -3.75. The van der Waals surface area contributed by atoms with Crippen LogP contribution in [0.1, 0.15) is 22.3 Å². The highest BCUT2D eigenvalue weighted by Gasteiger charge is 2.14. The van der Waals surface area contributed by atoms with Crippen molar-refractivity contribution >= 4 is 29.3 Å². The number of carbonyl (C=O) groups is 1. The Bertz CT molecular complexity index is 1190. The van der Waals surface area contributed by atoms with Crippen molar-refractivity contribution in [3.8, 4) is 17.6 Å². The monoisotopic (exact) mass is 446 g/mol. The summed E-state index contributed by atoms with van der Waals surface area (Å²) < 4.78 is 11.3. The average Bonchev–Trinajstić information content (AvgIpc) is 2.77.